The van der Waals surface area contributed by atoms with Gasteiger partial charge in [-0.3, -0.25) is 14.4 Å². The molecule has 0 heterocycles. The van der Waals surface area contributed by atoms with Crippen LogP contribution in [-0.2, 0) is 25.7 Å². The van der Waals surface area contributed by atoms with Crippen molar-refractivity contribution in [2.45, 2.75) is 58.1 Å². The first kappa shape index (κ1) is 27.0. The van der Waals surface area contributed by atoms with E-state index in [1.54, 1.807) is 38.1 Å². The Morgan fingerprint density at radius 1 is 1.13 bits per heavy atom. The maximum Gasteiger partial charge on any atom is 0.249 e. The molecule has 0 aliphatic carbocycles. The van der Waals surface area contributed by atoms with Crippen molar-refractivity contribution in [2.75, 3.05) is 13.1 Å². The number of hydrogen-bond acceptors (Lipinski definition) is 7. The largest absolute Gasteiger partial charge is 0.391 e. The molecule has 0 aromatic heterocycles. The van der Waals surface area contributed by atoms with Crippen molar-refractivity contribution >= 4 is 29.2 Å². The number of carbonyl (C=O) groups is 3. The summed E-state index contributed by atoms with van der Waals surface area (Å²) < 4.78 is 5.68. The van der Waals surface area contributed by atoms with Crippen LogP contribution in [0.3, 0.4) is 0 Å². The Hall–Kier alpha value is -2.04. The number of ketones is 1. The highest BCUT2D eigenvalue weighted by molar-refractivity contribution is 6.30. The molecule has 1 rings (SSSR count). The molecule has 0 saturated carbocycles. The number of ether oxygens (including phenoxy) is 1. The second-order valence-corrected chi connectivity index (χ2v) is 8.02. The van der Waals surface area contributed by atoms with Gasteiger partial charge in [-0.05, 0) is 37.6 Å². The van der Waals surface area contributed by atoms with Crippen molar-refractivity contribution in [3.63, 3.8) is 0 Å². The van der Waals surface area contributed by atoms with Crippen LogP contribution in [0.25, 0.3) is 0 Å². The van der Waals surface area contributed by atoms with E-state index in [0.717, 1.165) is 5.56 Å². The van der Waals surface area contributed by atoms with E-state index >= 15 is 0 Å². The second-order valence-electron chi connectivity index (χ2n) is 7.59. The molecule has 0 bridgehead atoms. The van der Waals surface area contributed by atoms with Gasteiger partial charge in [0.25, 0.3) is 0 Å². The molecule has 1 aromatic rings. The third-order valence-electron chi connectivity index (χ3n) is 4.59. The second kappa shape index (κ2) is 13.4. The van der Waals surface area contributed by atoms with Crippen LogP contribution in [0.15, 0.2) is 24.3 Å². The SMILES string of the molecule is CC(C)C(=O)[C@H](CN)NC(=O)[C@@H](NC(=O)C(CCN)OCc1cccc(Cl)c1)C(C)O. The first-order valence-electron chi connectivity index (χ1n) is 10.2. The van der Waals surface area contributed by atoms with Crippen LogP contribution in [0.2, 0.25) is 5.02 Å². The van der Waals surface area contributed by atoms with E-state index < -0.39 is 36.1 Å². The lowest BCUT2D eigenvalue weighted by Crippen LogP contribution is -2.59. The van der Waals surface area contributed by atoms with Crippen molar-refractivity contribution in [3.05, 3.63) is 34.9 Å². The van der Waals surface area contributed by atoms with Gasteiger partial charge in [-0.1, -0.05) is 37.6 Å². The van der Waals surface area contributed by atoms with Crippen LogP contribution in [0.4, 0.5) is 0 Å². The quantitative estimate of drug-likeness (QED) is 0.282. The van der Waals surface area contributed by atoms with Gasteiger partial charge in [0.05, 0.1) is 18.8 Å². The van der Waals surface area contributed by atoms with Gasteiger partial charge in [0, 0.05) is 17.5 Å². The first-order valence-corrected chi connectivity index (χ1v) is 10.6. The molecule has 10 heteroatoms. The van der Waals surface area contributed by atoms with E-state index in [0.29, 0.717) is 5.02 Å². The Kier molecular flexibility index (Phi) is 11.7. The van der Waals surface area contributed by atoms with Gasteiger partial charge in [-0.15, -0.1) is 0 Å². The van der Waals surface area contributed by atoms with Crippen molar-refractivity contribution in [1.29, 1.82) is 0 Å². The number of rotatable bonds is 13. The topological polar surface area (TPSA) is 157 Å². The molecule has 174 valence electrons. The van der Waals surface area contributed by atoms with Crippen LogP contribution in [-0.4, -0.2) is 60.1 Å². The van der Waals surface area contributed by atoms with Crippen LogP contribution in [0.5, 0.6) is 0 Å². The third-order valence-corrected chi connectivity index (χ3v) is 4.82. The molecule has 0 radical (unpaired) electrons. The molecule has 4 atom stereocenters. The highest BCUT2D eigenvalue weighted by Gasteiger charge is 2.32. The van der Waals surface area contributed by atoms with E-state index in [2.05, 4.69) is 10.6 Å². The zero-order valence-electron chi connectivity index (χ0n) is 18.1. The highest BCUT2D eigenvalue weighted by atomic mass is 35.5. The maximum atomic E-state index is 12.7. The minimum Gasteiger partial charge on any atom is -0.391 e. The standard InChI is InChI=1S/C21H33ClN4O5/c1-12(2)19(28)16(10-24)25-21(30)18(13(3)27)26-20(29)17(7-8-23)31-11-14-5-4-6-15(22)9-14/h4-6,9,12-13,16-18,27H,7-8,10-11,23-24H2,1-3H3,(H,25,30)(H,26,29)/t13?,16-,17?,18-/m0/s1. The molecule has 0 aliphatic rings. The van der Waals surface area contributed by atoms with E-state index in [1.165, 1.54) is 6.92 Å². The van der Waals surface area contributed by atoms with Gasteiger partial charge in [0.2, 0.25) is 11.8 Å². The van der Waals surface area contributed by atoms with Crippen molar-refractivity contribution in [2.24, 2.45) is 17.4 Å². The van der Waals surface area contributed by atoms with Gasteiger partial charge in [0.15, 0.2) is 5.78 Å². The number of nitrogens with one attached hydrogen (secondary N) is 2. The predicted molar refractivity (Wildman–Crippen MR) is 118 cm³/mol. The van der Waals surface area contributed by atoms with E-state index in [9.17, 15) is 19.5 Å². The summed E-state index contributed by atoms with van der Waals surface area (Å²) in [4.78, 5) is 37.6. The van der Waals surface area contributed by atoms with Gasteiger partial charge >= 0.3 is 0 Å². The molecule has 0 aliphatic heterocycles. The summed E-state index contributed by atoms with van der Waals surface area (Å²) in [6.07, 6.45) is -1.96. The zero-order chi connectivity index (χ0) is 23.6. The van der Waals surface area contributed by atoms with Gasteiger partial charge in [0.1, 0.15) is 12.1 Å². The average Bonchev–Trinajstić information content (AvgIpc) is 2.72. The summed E-state index contributed by atoms with van der Waals surface area (Å²) in [5, 5.41) is 15.6. The average molecular weight is 457 g/mol. The maximum absolute atomic E-state index is 12.7. The Balaban J connectivity index is 2.83. The summed E-state index contributed by atoms with van der Waals surface area (Å²) in [7, 11) is 0. The number of aliphatic hydroxyl groups is 1. The number of aliphatic hydroxyl groups excluding tert-OH is 1. The lowest BCUT2D eigenvalue weighted by Gasteiger charge is -2.26. The summed E-state index contributed by atoms with van der Waals surface area (Å²) >= 11 is 5.96. The number of hydrogen-bond donors (Lipinski definition) is 5. The zero-order valence-corrected chi connectivity index (χ0v) is 18.9. The molecule has 1 aromatic carbocycles. The van der Waals surface area contributed by atoms with Crippen molar-refractivity contribution < 1.29 is 24.2 Å². The van der Waals surface area contributed by atoms with Crippen molar-refractivity contribution in [1.82, 2.24) is 10.6 Å². The molecular formula is C21H33ClN4O5. The number of Topliss-reactive ketones (excluding diaryl/α,β-unsaturated/α-hetero) is 1. The fourth-order valence-electron chi connectivity index (χ4n) is 2.83. The summed E-state index contributed by atoms with van der Waals surface area (Å²) in [6, 6.07) is 4.79. The lowest BCUT2D eigenvalue weighted by atomic mass is 10.0. The minimum absolute atomic E-state index is 0.0955. The predicted octanol–water partition coefficient (Wildman–Crippen LogP) is 0.108. The summed E-state index contributed by atoms with van der Waals surface area (Å²) in [5.41, 5.74) is 12.0. The van der Waals surface area contributed by atoms with Gasteiger partial charge in [-0.25, -0.2) is 0 Å². The van der Waals surface area contributed by atoms with E-state index in [-0.39, 0.29) is 37.8 Å². The molecule has 0 saturated heterocycles. The molecule has 0 fully saturated rings. The van der Waals surface area contributed by atoms with E-state index in [1.807, 2.05) is 0 Å². The molecule has 0 spiro atoms. The smallest absolute Gasteiger partial charge is 0.249 e. The van der Waals surface area contributed by atoms with Crippen LogP contribution < -0.4 is 22.1 Å². The number of nitrogens with two attached hydrogens (primary N) is 2. The number of benzene rings is 1. The van der Waals surface area contributed by atoms with Crippen LogP contribution in [0.1, 0.15) is 32.8 Å². The Morgan fingerprint density at radius 3 is 2.32 bits per heavy atom. The van der Waals surface area contributed by atoms with Gasteiger partial charge < -0.3 is 31.9 Å². The third kappa shape index (κ3) is 8.92. The normalized spacial score (nSPS) is 15.1. The summed E-state index contributed by atoms with van der Waals surface area (Å²) in [5.74, 6) is -1.89. The molecule has 2 amide bonds. The highest BCUT2D eigenvalue weighted by Crippen LogP contribution is 2.13. The van der Waals surface area contributed by atoms with Crippen LogP contribution in [0, 0.1) is 5.92 Å². The monoisotopic (exact) mass is 456 g/mol. The Morgan fingerprint density at radius 2 is 1.81 bits per heavy atom. The van der Waals surface area contributed by atoms with Crippen molar-refractivity contribution in [3.8, 4) is 0 Å². The van der Waals surface area contributed by atoms with Gasteiger partial charge in [-0.2, -0.15) is 0 Å². The molecule has 2 unspecified atom stereocenters. The fraction of sp³-hybridized carbons (Fsp3) is 0.571. The fourth-order valence-corrected chi connectivity index (χ4v) is 3.04. The van der Waals surface area contributed by atoms with E-state index in [4.69, 9.17) is 27.8 Å². The Bertz CT molecular complexity index is 744. The van der Waals surface area contributed by atoms with Crippen LogP contribution >= 0.6 is 11.6 Å². The number of amides is 2. The number of halogens is 1. The lowest BCUT2D eigenvalue weighted by molar-refractivity contribution is -0.140. The molecule has 9 nitrogen and oxygen atoms in total. The Labute approximate surface area is 187 Å². The molecule has 7 N–H and O–H groups in total. The summed E-state index contributed by atoms with van der Waals surface area (Å²) in [6.45, 7) is 4.94. The number of carbonyl (C=O) groups excluding carboxylic acids is 3. The minimum atomic E-state index is -1.29. The molecular weight excluding hydrogens is 424 g/mol. The molecule has 31 heavy (non-hydrogen) atoms. The first-order chi connectivity index (χ1) is 14.6.